The Morgan fingerprint density at radius 1 is 1.38 bits per heavy atom. The summed E-state index contributed by atoms with van der Waals surface area (Å²) >= 11 is 0. The van der Waals surface area contributed by atoms with Gasteiger partial charge in [0.15, 0.2) is 0 Å². The number of benzene rings is 1. The molecule has 1 atom stereocenters. The van der Waals surface area contributed by atoms with Crippen molar-refractivity contribution in [2.24, 2.45) is 0 Å². The molecule has 1 unspecified atom stereocenters. The summed E-state index contributed by atoms with van der Waals surface area (Å²) in [7, 11) is 0. The van der Waals surface area contributed by atoms with Crippen LogP contribution in [0.2, 0.25) is 0 Å². The highest BCUT2D eigenvalue weighted by Gasteiger charge is 2.24. The van der Waals surface area contributed by atoms with Gasteiger partial charge in [0.25, 0.3) is 0 Å². The molecule has 0 saturated carbocycles. The molecule has 21 heavy (non-hydrogen) atoms. The Morgan fingerprint density at radius 3 is 2.81 bits per heavy atom. The number of halogens is 1. The lowest BCUT2D eigenvalue weighted by Gasteiger charge is -2.38. The number of anilines is 1. The molecule has 2 rings (SSSR count). The monoisotopic (exact) mass is 294 g/mol. The third-order valence-electron chi connectivity index (χ3n) is 3.86. The summed E-state index contributed by atoms with van der Waals surface area (Å²) in [4.78, 5) is 2.36. The lowest BCUT2D eigenvalue weighted by molar-refractivity contribution is 0.0929. The van der Waals surface area contributed by atoms with Crippen LogP contribution in [-0.2, 0) is 11.3 Å². The standard InChI is InChI=1S/C17H27FN2O/c1-5-15-12-21-9-8-20(15)16-7-6-14(18)10-13(16)11-19-17(2,3)4/h6-7,10,15,19H,5,8-9,11-12H2,1-4H3. The first-order valence-corrected chi connectivity index (χ1v) is 7.78. The quantitative estimate of drug-likeness (QED) is 0.922. The fraction of sp³-hybridized carbons (Fsp3) is 0.647. The van der Waals surface area contributed by atoms with Gasteiger partial charge in [-0.1, -0.05) is 6.92 Å². The Bertz CT molecular complexity index is 470. The van der Waals surface area contributed by atoms with Crippen LogP contribution in [-0.4, -0.2) is 31.3 Å². The molecule has 0 radical (unpaired) electrons. The molecule has 1 heterocycles. The van der Waals surface area contributed by atoms with Crippen LogP contribution < -0.4 is 10.2 Å². The summed E-state index contributed by atoms with van der Waals surface area (Å²) in [6.07, 6.45) is 1.03. The fourth-order valence-electron chi connectivity index (χ4n) is 2.65. The second-order valence-electron chi connectivity index (χ2n) is 6.71. The zero-order chi connectivity index (χ0) is 15.5. The van der Waals surface area contributed by atoms with E-state index in [1.165, 1.54) is 0 Å². The molecular weight excluding hydrogens is 267 g/mol. The van der Waals surface area contributed by atoms with E-state index in [-0.39, 0.29) is 11.4 Å². The van der Waals surface area contributed by atoms with E-state index in [0.717, 1.165) is 37.4 Å². The van der Waals surface area contributed by atoms with Gasteiger partial charge in [-0.25, -0.2) is 4.39 Å². The second kappa shape index (κ2) is 6.75. The first-order chi connectivity index (χ1) is 9.90. The molecule has 4 heteroatoms. The van der Waals surface area contributed by atoms with E-state index in [1.807, 2.05) is 6.07 Å². The van der Waals surface area contributed by atoms with Crippen molar-refractivity contribution in [3.8, 4) is 0 Å². The minimum Gasteiger partial charge on any atom is -0.377 e. The van der Waals surface area contributed by atoms with Gasteiger partial charge >= 0.3 is 0 Å². The van der Waals surface area contributed by atoms with Crippen molar-refractivity contribution in [3.05, 3.63) is 29.6 Å². The van der Waals surface area contributed by atoms with Gasteiger partial charge in [0.05, 0.1) is 19.3 Å². The van der Waals surface area contributed by atoms with E-state index in [2.05, 4.69) is 37.9 Å². The summed E-state index contributed by atoms with van der Waals surface area (Å²) in [5.74, 6) is -0.175. The van der Waals surface area contributed by atoms with E-state index in [0.29, 0.717) is 12.6 Å². The predicted octanol–water partition coefficient (Wildman–Crippen LogP) is 3.33. The molecule has 118 valence electrons. The summed E-state index contributed by atoms with van der Waals surface area (Å²) < 4.78 is 19.2. The van der Waals surface area contributed by atoms with Crippen molar-refractivity contribution in [2.45, 2.75) is 52.2 Å². The van der Waals surface area contributed by atoms with Crippen LogP contribution in [0, 0.1) is 5.82 Å². The Balaban J connectivity index is 2.25. The first kappa shape index (κ1) is 16.2. The Hall–Kier alpha value is -1.13. The number of ether oxygens (including phenoxy) is 1. The average molecular weight is 294 g/mol. The van der Waals surface area contributed by atoms with Crippen LogP contribution in [0.4, 0.5) is 10.1 Å². The smallest absolute Gasteiger partial charge is 0.123 e. The Morgan fingerprint density at radius 2 is 2.14 bits per heavy atom. The normalized spacial score (nSPS) is 19.9. The number of nitrogens with one attached hydrogen (secondary N) is 1. The largest absolute Gasteiger partial charge is 0.377 e. The molecule has 0 aliphatic carbocycles. The zero-order valence-electron chi connectivity index (χ0n) is 13.6. The summed E-state index contributed by atoms with van der Waals surface area (Å²) in [6, 6.07) is 5.48. The minimum atomic E-state index is -0.175. The lowest BCUT2D eigenvalue weighted by Crippen LogP contribution is -2.46. The molecule has 1 aromatic carbocycles. The fourth-order valence-corrected chi connectivity index (χ4v) is 2.65. The summed E-state index contributed by atoms with van der Waals surface area (Å²) in [6.45, 7) is 11.6. The highest BCUT2D eigenvalue weighted by Crippen LogP contribution is 2.27. The highest BCUT2D eigenvalue weighted by atomic mass is 19.1. The van der Waals surface area contributed by atoms with E-state index >= 15 is 0 Å². The SMILES string of the molecule is CCC1COCCN1c1ccc(F)cc1CNC(C)(C)C. The van der Waals surface area contributed by atoms with Gasteiger partial charge in [0.1, 0.15) is 5.82 Å². The highest BCUT2D eigenvalue weighted by molar-refractivity contribution is 5.55. The maximum atomic E-state index is 13.6. The van der Waals surface area contributed by atoms with E-state index in [1.54, 1.807) is 12.1 Å². The van der Waals surface area contributed by atoms with Crippen molar-refractivity contribution in [1.82, 2.24) is 5.32 Å². The maximum absolute atomic E-state index is 13.6. The molecule has 0 amide bonds. The Labute approximate surface area is 127 Å². The van der Waals surface area contributed by atoms with Crippen LogP contribution >= 0.6 is 0 Å². The van der Waals surface area contributed by atoms with Crippen LogP contribution in [0.25, 0.3) is 0 Å². The van der Waals surface area contributed by atoms with Crippen LogP contribution in [0.5, 0.6) is 0 Å². The van der Waals surface area contributed by atoms with Crippen LogP contribution in [0.15, 0.2) is 18.2 Å². The molecule has 1 saturated heterocycles. The molecule has 1 fully saturated rings. The number of hydrogen-bond donors (Lipinski definition) is 1. The third-order valence-corrected chi connectivity index (χ3v) is 3.86. The molecule has 0 spiro atoms. The average Bonchev–Trinajstić information content (AvgIpc) is 2.44. The molecule has 3 nitrogen and oxygen atoms in total. The molecule has 1 aliphatic rings. The van der Waals surface area contributed by atoms with Gasteiger partial charge < -0.3 is 15.0 Å². The topological polar surface area (TPSA) is 24.5 Å². The second-order valence-corrected chi connectivity index (χ2v) is 6.71. The zero-order valence-corrected chi connectivity index (χ0v) is 13.6. The summed E-state index contributed by atoms with van der Waals surface area (Å²) in [5, 5.41) is 3.45. The number of nitrogens with zero attached hydrogens (tertiary/aromatic N) is 1. The first-order valence-electron chi connectivity index (χ1n) is 7.78. The maximum Gasteiger partial charge on any atom is 0.123 e. The van der Waals surface area contributed by atoms with Crippen molar-refractivity contribution >= 4 is 5.69 Å². The lowest BCUT2D eigenvalue weighted by atomic mass is 10.0. The molecule has 1 N–H and O–H groups in total. The number of hydrogen-bond acceptors (Lipinski definition) is 3. The van der Waals surface area contributed by atoms with E-state index in [4.69, 9.17) is 4.74 Å². The molecular formula is C17H27FN2O. The van der Waals surface area contributed by atoms with E-state index < -0.39 is 0 Å². The summed E-state index contributed by atoms with van der Waals surface area (Å²) in [5.41, 5.74) is 2.16. The van der Waals surface area contributed by atoms with Crippen LogP contribution in [0.3, 0.4) is 0 Å². The van der Waals surface area contributed by atoms with Crippen LogP contribution in [0.1, 0.15) is 39.7 Å². The Kier molecular flexibility index (Phi) is 5.22. The van der Waals surface area contributed by atoms with Gasteiger partial charge in [-0.2, -0.15) is 0 Å². The van der Waals surface area contributed by atoms with Crippen molar-refractivity contribution in [3.63, 3.8) is 0 Å². The van der Waals surface area contributed by atoms with Crippen molar-refractivity contribution < 1.29 is 9.13 Å². The van der Waals surface area contributed by atoms with Gasteiger partial charge in [-0.3, -0.25) is 0 Å². The molecule has 1 aliphatic heterocycles. The minimum absolute atomic E-state index is 0.0127. The van der Waals surface area contributed by atoms with Gasteiger partial charge in [0, 0.05) is 24.3 Å². The molecule has 0 bridgehead atoms. The molecule has 1 aromatic rings. The van der Waals surface area contributed by atoms with Gasteiger partial charge in [-0.15, -0.1) is 0 Å². The number of rotatable bonds is 4. The third kappa shape index (κ3) is 4.42. The van der Waals surface area contributed by atoms with Gasteiger partial charge in [-0.05, 0) is 51.0 Å². The predicted molar refractivity (Wildman–Crippen MR) is 85.2 cm³/mol. The van der Waals surface area contributed by atoms with Crippen molar-refractivity contribution in [1.29, 1.82) is 0 Å². The van der Waals surface area contributed by atoms with E-state index in [9.17, 15) is 4.39 Å². The van der Waals surface area contributed by atoms with Crippen molar-refractivity contribution in [2.75, 3.05) is 24.7 Å². The molecule has 0 aromatic heterocycles. The number of morpholine rings is 1. The van der Waals surface area contributed by atoms with Gasteiger partial charge in [0.2, 0.25) is 0 Å².